The van der Waals surface area contributed by atoms with Crippen LogP contribution in [-0.4, -0.2) is 43.4 Å². The molecule has 3 atom stereocenters. The summed E-state index contributed by atoms with van der Waals surface area (Å²) in [4.78, 5) is 14.9. The molecule has 0 radical (unpaired) electrons. The third-order valence-electron chi connectivity index (χ3n) is 3.23. The van der Waals surface area contributed by atoms with Gasteiger partial charge in [-0.05, 0) is 5.53 Å². The second-order valence-corrected chi connectivity index (χ2v) is 4.41. The Morgan fingerprint density at radius 1 is 1.60 bits per heavy atom. The van der Waals surface area contributed by atoms with Crippen molar-refractivity contribution in [1.29, 1.82) is 0 Å². The summed E-state index contributed by atoms with van der Waals surface area (Å²) in [5.74, 6) is 0.141. The third-order valence-corrected chi connectivity index (χ3v) is 3.23. The van der Waals surface area contributed by atoms with Crippen molar-refractivity contribution in [3.63, 3.8) is 0 Å². The predicted octanol–water partition coefficient (Wildman–Crippen LogP) is 0.367. The molecule has 0 aliphatic carbocycles. The van der Waals surface area contributed by atoms with Gasteiger partial charge in [0.1, 0.15) is 11.7 Å². The summed E-state index contributed by atoms with van der Waals surface area (Å²) in [6.07, 6.45) is 2.58. The normalized spacial score (nSPS) is 25.8. The number of nitrogens with two attached hydrogens (primary N) is 1. The number of hydrogen-bond donors (Lipinski definition) is 2. The van der Waals surface area contributed by atoms with Gasteiger partial charge >= 0.3 is 0 Å². The number of nitrogen functional groups attached to an aromatic ring is 1. The van der Waals surface area contributed by atoms with Crippen molar-refractivity contribution < 1.29 is 9.84 Å². The molecule has 10 heteroatoms. The van der Waals surface area contributed by atoms with E-state index in [-0.39, 0.29) is 12.6 Å². The lowest BCUT2D eigenvalue weighted by atomic mass is 10.1. The summed E-state index contributed by atoms with van der Waals surface area (Å²) >= 11 is 0. The number of aromatic nitrogens is 4. The van der Waals surface area contributed by atoms with Gasteiger partial charge in [-0.3, -0.25) is 4.57 Å². The van der Waals surface area contributed by atoms with Crippen LogP contribution in [0.5, 0.6) is 0 Å². The van der Waals surface area contributed by atoms with Crippen LogP contribution in [0.1, 0.15) is 12.6 Å². The molecule has 3 rings (SSSR count). The van der Waals surface area contributed by atoms with Gasteiger partial charge in [0.2, 0.25) is 5.95 Å². The van der Waals surface area contributed by atoms with E-state index in [0.717, 1.165) is 0 Å². The van der Waals surface area contributed by atoms with Crippen molar-refractivity contribution in [2.45, 2.75) is 24.8 Å². The Hall–Kier alpha value is -2.42. The second-order valence-electron chi connectivity index (χ2n) is 4.41. The van der Waals surface area contributed by atoms with Crippen LogP contribution in [0, 0.1) is 0 Å². The van der Waals surface area contributed by atoms with Crippen molar-refractivity contribution in [3.8, 4) is 0 Å². The number of nitrogens with zero attached hydrogens (tertiary/aromatic N) is 7. The van der Waals surface area contributed by atoms with E-state index >= 15 is 0 Å². The number of fused-ring (bicyclic) bond motifs is 1. The van der Waals surface area contributed by atoms with Gasteiger partial charge < -0.3 is 15.6 Å². The number of hydrogen-bond acceptors (Lipinski definition) is 7. The van der Waals surface area contributed by atoms with Gasteiger partial charge in [0.05, 0.1) is 31.3 Å². The maximum Gasteiger partial charge on any atom is 0.222 e. The smallest absolute Gasteiger partial charge is 0.222 e. The molecule has 0 aromatic carbocycles. The molecule has 1 fully saturated rings. The fourth-order valence-corrected chi connectivity index (χ4v) is 2.29. The summed E-state index contributed by atoms with van der Waals surface area (Å²) in [6.45, 7) is -0.218. The van der Waals surface area contributed by atoms with E-state index in [4.69, 9.17) is 16.0 Å². The molecular weight excluding hydrogens is 264 g/mol. The molecule has 0 amide bonds. The maximum atomic E-state index is 9.26. The lowest BCUT2D eigenvalue weighted by Crippen LogP contribution is -2.22. The Balaban J connectivity index is 1.96. The summed E-state index contributed by atoms with van der Waals surface area (Å²) in [5.41, 5.74) is 15.2. The average molecular weight is 276 g/mol. The van der Waals surface area contributed by atoms with Gasteiger partial charge in [-0.15, -0.1) is 0 Å². The van der Waals surface area contributed by atoms with Crippen LogP contribution >= 0.6 is 0 Å². The lowest BCUT2D eigenvalue weighted by molar-refractivity contribution is -0.0232. The Labute approximate surface area is 112 Å². The average Bonchev–Trinajstić information content (AvgIpc) is 3.02. The Bertz CT molecular complexity index is 679. The van der Waals surface area contributed by atoms with Gasteiger partial charge in [0.25, 0.3) is 0 Å². The quantitative estimate of drug-likeness (QED) is 0.470. The molecule has 0 saturated carbocycles. The Morgan fingerprint density at radius 2 is 2.45 bits per heavy atom. The molecule has 1 saturated heterocycles. The number of aliphatic hydroxyl groups excluding tert-OH is 1. The van der Waals surface area contributed by atoms with Gasteiger partial charge in [-0.25, -0.2) is 9.97 Å². The summed E-state index contributed by atoms with van der Waals surface area (Å²) in [6, 6.07) is -0.424. The van der Waals surface area contributed by atoms with Crippen molar-refractivity contribution in [2.24, 2.45) is 5.11 Å². The minimum atomic E-state index is -0.535. The largest absolute Gasteiger partial charge is 0.394 e. The number of anilines is 1. The van der Waals surface area contributed by atoms with Crippen LogP contribution in [0.4, 0.5) is 5.95 Å². The van der Waals surface area contributed by atoms with Gasteiger partial charge in [0, 0.05) is 11.3 Å². The van der Waals surface area contributed by atoms with Gasteiger partial charge in [-0.1, -0.05) is 5.11 Å². The second kappa shape index (κ2) is 4.93. The maximum absolute atomic E-state index is 9.26. The van der Waals surface area contributed by atoms with E-state index in [1.165, 1.54) is 6.20 Å². The summed E-state index contributed by atoms with van der Waals surface area (Å²) in [7, 11) is 0. The molecule has 0 bridgehead atoms. The molecule has 2 aromatic rings. The predicted molar refractivity (Wildman–Crippen MR) is 68.3 cm³/mol. The first-order chi connectivity index (χ1) is 9.72. The number of rotatable bonds is 3. The lowest BCUT2D eigenvalue weighted by Gasteiger charge is -2.13. The van der Waals surface area contributed by atoms with E-state index < -0.39 is 18.4 Å². The highest BCUT2D eigenvalue weighted by Crippen LogP contribution is 2.32. The molecule has 1 aliphatic rings. The molecule has 20 heavy (non-hydrogen) atoms. The Morgan fingerprint density at radius 3 is 3.20 bits per heavy atom. The van der Waals surface area contributed by atoms with Crippen molar-refractivity contribution >= 4 is 17.1 Å². The number of ether oxygens (including phenoxy) is 1. The van der Waals surface area contributed by atoms with Crippen LogP contribution in [0.3, 0.4) is 0 Å². The molecular formula is C10H12N8O2. The highest BCUT2D eigenvalue weighted by atomic mass is 16.5. The van der Waals surface area contributed by atoms with E-state index in [1.54, 1.807) is 10.9 Å². The molecule has 3 N–H and O–H groups in total. The first-order valence-corrected chi connectivity index (χ1v) is 5.98. The molecule has 10 nitrogen and oxygen atoms in total. The van der Waals surface area contributed by atoms with Crippen LogP contribution in [-0.2, 0) is 4.74 Å². The fourth-order valence-electron chi connectivity index (χ4n) is 2.29. The van der Waals surface area contributed by atoms with Crippen LogP contribution in [0.15, 0.2) is 17.6 Å². The monoisotopic (exact) mass is 276 g/mol. The van der Waals surface area contributed by atoms with E-state index in [0.29, 0.717) is 17.6 Å². The zero-order valence-electron chi connectivity index (χ0n) is 10.4. The van der Waals surface area contributed by atoms with Crippen LogP contribution in [0.25, 0.3) is 21.6 Å². The summed E-state index contributed by atoms with van der Waals surface area (Å²) in [5, 5.41) is 12.9. The zero-order valence-corrected chi connectivity index (χ0v) is 10.4. The highest BCUT2D eigenvalue weighted by molar-refractivity contribution is 5.70. The third kappa shape index (κ3) is 2.01. The van der Waals surface area contributed by atoms with Crippen molar-refractivity contribution in [2.75, 3.05) is 12.3 Å². The zero-order chi connectivity index (χ0) is 14.1. The minimum Gasteiger partial charge on any atom is -0.394 e. The molecule has 104 valence electrons. The molecule has 1 aliphatic heterocycles. The van der Waals surface area contributed by atoms with Crippen LogP contribution < -0.4 is 5.73 Å². The molecule has 3 heterocycles. The van der Waals surface area contributed by atoms with Crippen molar-refractivity contribution in [1.82, 2.24) is 19.5 Å². The highest BCUT2D eigenvalue weighted by Gasteiger charge is 2.35. The fraction of sp³-hybridized carbons (Fsp3) is 0.500. The van der Waals surface area contributed by atoms with Gasteiger partial charge in [0.15, 0.2) is 5.65 Å². The first-order valence-electron chi connectivity index (χ1n) is 5.98. The Kier molecular flexibility index (Phi) is 3.11. The standard InChI is InChI=1S/C10H12N8O2/c11-10-13-2-6-9(15-10)18(4-14-6)8-1-5(16-17-12)7(3-19)20-8/h2,4-5,7-8,19H,1,3H2,(H2,11,13,15)/t5-,7+,8+/m0/s1. The molecule has 0 spiro atoms. The molecule has 2 aromatic heterocycles. The minimum absolute atomic E-state index is 0.141. The first kappa shape index (κ1) is 12.6. The van der Waals surface area contributed by atoms with Gasteiger partial charge in [-0.2, -0.15) is 4.98 Å². The van der Waals surface area contributed by atoms with Crippen molar-refractivity contribution in [3.05, 3.63) is 23.0 Å². The SMILES string of the molecule is [N-]=[N+]=N[C@H]1C[C@H](n2cnc3cnc(N)nc32)O[C@@H]1CO. The number of imidazole rings is 1. The number of azide groups is 1. The topological polar surface area (TPSA) is 148 Å². The summed E-state index contributed by atoms with van der Waals surface area (Å²) < 4.78 is 7.37. The molecule has 0 unspecified atom stereocenters. The van der Waals surface area contributed by atoms with E-state index in [9.17, 15) is 5.11 Å². The number of aliphatic hydroxyl groups is 1. The van der Waals surface area contributed by atoms with E-state index in [2.05, 4.69) is 25.0 Å². The van der Waals surface area contributed by atoms with E-state index in [1.807, 2.05) is 0 Å². The van der Waals surface area contributed by atoms with Crippen LogP contribution in [0.2, 0.25) is 0 Å².